The lowest BCUT2D eigenvalue weighted by molar-refractivity contribution is 0.0509. The molecule has 0 saturated carbocycles. The van der Waals surface area contributed by atoms with Gasteiger partial charge in [-0.15, -0.1) is 0 Å². The molecule has 1 atom stereocenters. The monoisotopic (exact) mass is 204 g/mol. The molecule has 0 spiro atoms. The van der Waals surface area contributed by atoms with E-state index in [0.717, 1.165) is 12.1 Å². The van der Waals surface area contributed by atoms with E-state index in [-0.39, 0.29) is 6.61 Å². The molecule has 1 aromatic carbocycles. The van der Waals surface area contributed by atoms with E-state index in [4.69, 9.17) is 10.2 Å². The molecular formula is C9H10F2O3. The number of aliphatic hydroxyl groups excluding tert-OH is 2. The van der Waals surface area contributed by atoms with Crippen molar-refractivity contribution < 1.29 is 23.7 Å². The fraction of sp³-hybridized carbons (Fsp3) is 0.333. The van der Waals surface area contributed by atoms with Crippen LogP contribution in [0.1, 0.15) is 0 Å². The largest absolute Gasteiger partial charge is 0.485 e. The molecule has 1 unspecified atom stereocenters. The first-order valence-electron chi connectivity index (χ1n) is 4.01. The number of ether oxygens (including phenoxy) is 1. The van der Waals surface area contributed by atoms with Crippen molar-refractivity contribution in [2.75, 3.05) is 13.2 Å². The molecule has 0 radical (unpaired) electrons. The fourth-order valence-corrected chi connectivity index (χ4v) is 0.853. The third-order valence-corrected chi connectivity index (χ3v) is 1.55. The Morgan fingerprint density at radius 2 is 1.86 bits per heavy atom. The zero-order valence-corrected chi connectivity index (χ0v) is 7.28. The van der Waals surface area contributed by atoms with Crippen LogP contribution in [0.5, 0.6) is 5.75 Å². The molecule has 0 amide bonds. The Morgan fingerprint density at radius 1 is 1.29 bits per heavy atom. The van der Waals surface area contributed by atoms with Crippen molar-refractivity contribution in [1.82, 2.24) is 0 Å². The number of hydrogen-bond acceptors (Lipinski definition) is 3. The molecular weight excluding hydrogens is 194 g/mol. The van der Waals surface area contributed by atoms with Crippen molar-refractivity contribution in [3.63, 3.8) is 0 Å². The second kappa shape index (κ2) is 4.88. The lowest BCUT2D eigenvalue weighted by atomic mass is 10.3. The molecule has 0 aliphatic rings. The molecule has 78 valence electrons. The highest BCUT2D eigenvalue weighted by Crippen LogP contribution is 2.20. The average Bonchev–Trinajstić information content (AvgIpc) is 2.16. The second-order valence-corrected chi connectivity index (χ2v) is 2.70. The van der Waals surface area contributed by atoms with Crippen LogP contribution >= 0.6 is 0 Å². The summed E-state index contributed by atoms with van der Waals surface area (Å²) in [4.78, 5) is 0. The van der Waals surface area contributed by atoms with Gasteiger partial charge in [0.2, 0.25) is 0 Å². The maximum atomic E-state index is 12.9. The minimum Gasteiger partial charge on any atom is -0.485 e. The van der Waals surface area contributed by atoms with E-state index in [0.29, 0.717) is 0 Å². The molecule has 0 aliphatic carbocycles. The van der Waals surface area contributed by atoms with E-state index >= 15 is 0 Å². The van der Waals surface area contributed by atoms with Crippen LogP contribution in [0, 0.1) is 11.6 Å². The van der Waals surface area contributed by atoms with Crippen LogP contribution in [0.4, 0.5) is 8.78 Å². The number of benzene rings is 1. The molecule has 5 heteroatoms. The van der Waals surface area contributed by atoms with Crippen molar-refractivity contribution in [2.24, 2.45) is 0 Å². The van der Waals surface area contributed by atoms with Gasteiger partial charge in [0.1, 0.15) is 12.7 Å². The quantitative estimate of drug-likeness (QED) is 0.758. The number of hydrogen-bond donors (Lipinski definition) is 2. The molecule has 0 aliphatic heterocycles. The summed E-state index contributed by atoms with van der Waals surface area (Å²) in [6.45, 7) is -0.871. The number of halogens is 2. The molecule has 1 aromatic rings. The lowest BCUT2D eigenvalue weighted by Gasteiger charge is -2.10. The van der Waals surface area contributed by atoms with Crippen molar-refractivity contribution in [3.05, 3.63) is 29.8 Å². The van der Waals surface area contributed by atoms with Gasteiger partial charge in [0.05, 0.1) is 6.61 Å². The Morgan fingerprint density at radius 3 is 2.36 bits per heavy atom. The van der Waals surface area contributed by atoms with Gasteiger partial charge in [-0.1, -0.05) is 6.07 Å². The molecule has 0 fully saturated rings. The molecule has 0 bridgehead atoms. The van der Waals surface area contributed by atoms with E-state index in [1.807, 2.05) is 0 Å². The predicted octanol–water partition coefficient (Wildman–Crippen LogP) is 0.697. The minimum atomic E-state index is -1.14. The van der Waals surface area contributed by atoms with E-state index < -0.39 is 30.1 Å². The summed E-state index contributed by atoms with van der Waals surface area (Å²) in [6, 6.07) is 3.30. The molecule has 0 saturated heterocycles. The summed E-state index contributed by atoms with van der Waals surface area (Å²) >= 11 is 0. The summed E-state index contributed by atoms with van der Waals surface area (Å²) < 4.78 is 30.5. The summed E-state index contributed by atoms with van der Waals surface area (Å²) in [5.74, 6) is -2.22. The van der Waals surface area contributed by atoms with E-state index in [1.165, 1.54) is 6.07 Å². The first kappa shape index (κ1) is 10.9. The van der Waals surface area contributed by atoms with Gasteiger partial charge in [0.15, 0.2) is 17.4 Å². The van der Waals surface area contributed by atoms with Crippen LogP contribution in [0.2, 0.25) is 0 Å². The summed E-state index contributed by atoms with van der Waals surface area (Å²) in [5, 5.41) is 17.3. The highest BCUT2D eigenvalue weighted by atomic mass is 19.1. The van der Waals surface area contributed by atoms with E-state index in [2.05, 4.69) is 4.74 Å². The highest BCUT2D eigenvalue weighted by Gasteiger charge is 2.11. The first-order valence-corrected chi connectivity index (χ1v) is 4.01. The lowest BCUT2D eigenvalue weighted by Crippen LogP contribution is -2.21. The Bertz CT molecular complexity index is 284. The Hall–Kier alpha value is -1.20. The third kappa shape index (κ3) is 2.65. The second-order valence-electron chi connectivity index (χ2n) is 2.70. The van der Waals surface area contributed by atoms with Crippen molar-refractivity contribution >= 4 is 0 Å². The number of rotatable bonds is 4. The SMILES string of the molecule is OCC(O)COc1c(F)cccc1F. The van der Waals surface area contributed by atoms with Gasteiger partial charge < -0.3 is 14.9 Å². The van der Waals surface area contributed by atoms with Crippen molar-refractivity contribution in [3.8, 4) is 5.75 Å². The van der Waals surface area contributed by atoms with Gasteiger partial charge in [-0.25, -0.2) is 8.78 Å². The molecule has 0 aromatic heterocycles. The summed E-state index contributed by atoms with van der Waals surface area (Å²) in [5.41, 5.74) is 0. The number of para-hydroxylation sites is 1. The summed E-state index contributed by atoms with van der Waals surface area (Å²) in [7, 11) is 0. The Kier molecular flexibility index (Phi) is 3.79. The molecule has 14 heavy (non-hydrogen) atoms. The van der Waals surface area contributed by atoms with Crippen LogP contribution in [-0.2, 0) is 0 Å². The minimum absolute atomic E-state index is 0.353. The maximum absolute atomic E-state index is 12.9. The smallest absolute Gasteiger partial charge is 0.190 e. The van der Waals surface area contributed by atoms with Crippen LogP contribution < -0.4 is 4.74 Å². The average molecular weight is 204 g/mol. The Labute approximate surface area is 79.6 Å². The topological polar surface area (TPSA) is 49.7 Å². The Balaban J connectivity index is 2.66. The highest BCUT2D eigenvalue weighted by molar-refractivity contribution is 5.25. The molecule has 0 heterocycles. The van der Waals surface area contributed by atoms with Gasteiger partial charge in [-0.3, -0.25) is 0 Å². The van der Waals surface area contributed by atoms with Gasteiger partial charge in [-0.2, -0.15) is 0 Å². The van der Waals surface area contributed by atoms with Crippen LogP contribution in [0.25, 0.3) is 0 Å². The molecule has 3 nitrogen and oxygen atoms in total. The van der Waals surface area contributed by atoms with Crippen LogP contribution in [-0.4, -0.2) is 29.5 Å². The van der Waals surface area contributed by atoms with Gasteiger partial charge in [-0.05, 0) is 12.1 Å². The molecule has 1 rings (SSSR count). The van der Waals surface area contributed by atoms with Crippen molar-refractivity contribution in [2.45, 2.75) is 6.10 Å². The standard InChI is InChI=1S/C9H10F2O3/c10-7-2-1-3-8(11)9(7)14-5-6(13)4-12/h1-3,6,12-13H,4-5H2. The third-order valence-electron chi connectivity index (χ3n) is 1.55. The first-order chi connectivity index (χ1) is 6.65. The maximum Gasteiger partial charge on any atom is 0.190 e. The van der Waals surface area contributed by atoms with Crippen molar-refractivity contribution in [1.29, 1.82) is 0 Å². The van der Waals surface area contributed by atoms with Crippen LogP contribution in [0.3, 0.4) is 0 Å². The van der Waals surface area contributed by atoms with E-state index in [1.54, 1.807) is 0 Å². The molecule has 2 N–H and O–H groups in total. The van der Waals surface area contributed by atoms with Crippen LogP contribution in [0.15, 0.2) is 18.2 Å². The fourth-order valence-electron chi connectivity index (χ4n) is 0.853. The zero-order valence-electron chi connectivity index (χ0n) is 7.28. The van der Waals surface area contributed by atoms with Gasteiger partial charge in [0, 0.05) is 0 Å². The predicted molar refractivity (Wildman–Crippen MR) is 44.9 cm³/mol. The zero-order chi connectivity index (χ0) is 10.6. The number of aliphatic hydroxyl groups is 2. The van der Waals surface area contributed by atoms with Gasteiger partial charge >= 0.3 is 0 Å². The van der Waals surface area contributed by atoms with Gasteiger partial charge in [0.25, 0.3) is 0 Å². The normalized spacial score (nSPS) is 12.6. The summed E-state index contributed by atoms with van der Waals surface area (Å²) in [6.07, 6.45) is -1.14. The van der Waals surface area contributed by atoms with E-state index in [9.17, 15) is 8.78 Å².